The minimum atomic E-state index is -1.22. The van der Waals surface area contributed by atoms with Crippen LogP contribution in [0.15, 0.2) is 24.3 Å². The Morgan fingerprint density at radius 1 is 1.35 bits per heavy atom. The second-order valence-corrected chi connectivity index (χ2v) is 6.33. The molecule has 1 fully saturated rings. The van der Waals surface area contributed by atoms with Gasteiger partial charge in [0.2, 0.25) is 0 Å². The van der Waals surface area contributed by atoms with Crippen molar-refractivity contribution in [3.8, 4) is 0 Å². The van der Waals surface area contributed by atoms with Gasteiger partial charge in [0.1, 0.15) is 5.60 Å². The summed E-state index contributed by atoms with van der Waals surface area (Å²) in [5.74, 6) is -0.285. The first-order valence-corrected chi connectivity index (χ1v) is 7.37. The van der Waals surface area contributed by atoms with Gasteiger partial charge >= 0.3 is 5.97 Å². The molecule has 1 atom stereocenters. The summed E-state index contributed by atoms with van der Waals surface area (Å²) in [7, 11) is 0. The fourth-order valence-electron chi connectivity index (χ4n) is 2.78. The molecule has 0 heterocycles. The van der Waals surface area contributed by atoms with Crippen LogP contribution in [0.4, 0.5) is 0 Å². The molecule has 1 aliphatic carbocycles. The van der Waals surface area contributed by atoms with E-state index in [1.807, 2.05) is 0 Å². The Bertz CT molecular complexity index is 491. The van der Waals surface area contributed by atoms with E-state index in [1.54, 1.807) is 45.0 Å². The summed E-state index contributed by atoms with van der Waals surface area (Å²) in [6, 6.07) is 7.07. The molecule has 20 heavy (non-hydrogen) atoms. The predicted molar refractivity (Wildman–Crippen MR) is 78.5 cm³/mol. The second-order valence-electron chi connectivity index (χ2n) is 5.89. The number of carbonyl (C=O) groups excluding carboxylic acids is 1. The monoisotopic (exact) mass is 296 g/mol. The second kappa shape index (κ2) is 5.38. The zero-order chi connectivity index (χ0) is 15.0. The van der Waals surface area contributed by atoms with Crippen LogP contribution in [0.25, 0.3) is 0 Å². The third-order valence-electron chi connectivity index (χ3n) is 4.19. The maximum Gasteiger partial charge on any atom is 0.314 e. The van der Waals surface area contributed by atoms with Gasteiger partial charge in [0.15, 0.2) is 0 Å². The average Bonchev–Trinajstić information content (AvgIpc) is 3.23. The number of carbonyl (C=O) groups is 1. The van der Waals surface area contributed by atoms with Gasteiger partial charge in [-0.25, -0.2) is 0 Å². The van der Waals surface area contributed by atoms with Crippen LogP contribution in [0.2, 0.25) is 5.02 Å². The maximum absolute atomic E-state index is 12.3. The third-order valence-corrected chi connectivity index (χ3v) is 4.44. The minimum Gasteiger partial charge on any atom is -0.465 e. The van der Waals surface area contributed by atoms with Crippen LogP contribution < -0.4 is 0 Å². The number of benzene rings is 1. The van der Waals surface area contributed by atoms with E-state index in [2.05, 4.69) is 0 Å². The summed E-state index contributed by atoms with van der Waals surface area (Å²) >= 11 is 5.91. The van der Waals surface area contributed by atoms with Gasteiger partial charge in [-0.1, -0.05) is 23.7 Å². The molecule has 1 aromatic carbocycles. The number of hydrogen-bond acceptors (Lipinski definition) is 3. The van der Waals surface area contributed by atoms with Crippen LogP contribution in [0, 0.1) is 11.3 Å². The summed E-state index contributed by atoms with van der Waals surface area (Å²) in [5, 5.41) is 11.9. The topological polar surface area (TPSA) is 46.5 Å². The van der Waals surface area contributed by atoms with Crippen LogP contribution in [0.3, 0.4) is 0 Å². The number of hydrogen-bond donors (Lipinski definition) is 1. The van der Waals surface area contributed by atoms with E-state index < -0.39 is 11.0 Å². The van der Waals surface area contributed by atoms with E-state index in [0.717, 1.165) is 18.4 Å². The van der Waals surface area contributed by atoms with E-state index in [-0.39, 0.29) is 11.9 Å². The lowest BCUT2D eigenvalue weighted by molar-refractivity contribution is -0.176. The number of halogens is 1. The first-order chi connectivity index (χ1) is 9.34. The van der Waals surface area contributed by atoms with Crippen LogP contribution in [0.1, 0.15) is 39.2 Å². The van der Waals surface area contributed by atoms with Crippen molar-refractivity contribution >= 4 is 17.6 Å². The molecule has 1 saturated carbocycles. The van der Waals surface area contributed by atoms with E-state index in [9.17, 15) is 9.90 Å². The van der Waals surface area contributed by atoms with Gasteiger partial charge in [0.05, 0.1) is 12.0 Å². The van der Waals surface area contributed by atoms with Gasteiger partial charge in [-0.05, 0) is 57.2 Å². The SMILES string of the molecule is CCOC(=O)C(C)(C)C(O)(c1ccc(Cl)cc1)C1CC1. The van der Waals surface area contributed by atoms with Crippen LogP contribution in [-0.4, -0.2) is 17.7 Å². The zero-order valence-corrected chi connectivity index (χ0v) is 12.9. The molecule has 1 aromatic rings. The van der Waals surface area contributed by atoms with Crippen LogP contribution >= 0.6 is 11.6 Å². The molecule has 0 amide bonds. The number of esters is 1. The fourth-order valence-corrected chi connectivity index (χ4v) is 2.91. The minimum absolute atomic E-state index is 0.0862. The van der Waals surface area contributed by atoms with Gasteiger partial charge in [-0.3, -0.25) is 4.79 Å². The lowest BCUT2D eigenvalue weighted by Gasteiger charge is -2.41. The van der Waals surface area contributed by atoms with Crippen molar-refractivity contribution in [2.24, 2.45) is 11.3 Å². The number of aliphatic hydroxyl groups is 1. The summed E-state index contributed by atoms with van der Waals surface area (Å²) in [5.41, 5.74) is -1.50. The van der Waals surface area contributed by atoms with E-state index in [1.165, 1.54) is 0 Å². The molecule has 1 unspecified atom stereocenters. The molecule has 0 aromatic heterocycles. The predicted octanol–water partition coefficient (Wildman–Crippen LogP) is 3.53. The van der Waals surface area contributed by atoms with Gasteiger partial charge in [-0.2, -0.15) is 0 Å². The standard InChI is InChI=1S/C16H21ClO3/c1-4-20-14(18)15(2,3)16(19,11-5-6-11)12-7-9-13(17)10-8-12/h7-11,19H,4-6H2,1-3H3. The van der Waals surface area contributed by atoms with Crippen molar-refractivity contribution in [1.82, 2.24) is 0 Å². The van der Waals surface area contributed by atoms with Gasteiger partial charge in [0, 0.05) is 5.02 Å². The highest BCUT2D eigenvalue weighted by Crippen LogP contribution is 2.55. The highest BCUT2D eigenvalue weighted by Gasteiger charge is 2.58. The largest absolute Gasteiger partial charge is 0.465 e. The lowest BCUT2D eigenvalue weighted by atomic mass is 9.68. The summed E-state index contributed by atoms with van der Waals surface area (Å²) in [6.45, 7) is 5.58. The van der Waals surface area contributed by atoms with Crippen molar-refractivity contribution in [3.05, 3.63) is 34.9 Å². The fraction of sp³-hybridized carbons (Fsp3) is 0.562. The van der Waals surface area contributed by atoms with Gasteiger partial charge < -0.3 is 9.84 Å². The molecule has 110 valence electrons. The van der Waals surface area contributed by atoms with Crippen molar-refractivity contribution in [2.75, 3.05) is 6.61 Å². The molecule has 3 nitrogen and oxygen atoms in total. The highest BCUT2D eigenvalue weighted by molar-refractivity contribution is 6.30. The Kier molecular flexibility index (Phi) is 4.12. The smallest absolute Gasteiger partial charge is 0.314 e. The lowest BCUT2D eigenvalue weighted by Crippen LogP contribution is -2.49. The Morgan fingerprint density at radius 2 is 1.90 bits per heavy atom. The first kappa shape index (κ1) is 15.3. The average molecular weight is 297 g/mol. The Hall–Kier alpha value is -1.06. The van der Waals surface area contributed by atoms with Crippen molar-refractivity contribution in [3.63, 3.8) is 0 Å². The Labute approximate surface area is 124 Å². The molecule has 0 radical (unpaired) electrons. The highest BCUT2D eigenvalue weighted by atomic mass is 35.5. The molecule has 4 heteroatoms. The molecule has 0 aliphatic heterocycles. The van der Waals surface area contributed by atoms with Gasteiger partial charge in [0.25, 0.3) is 0 Å². The molecule has 0 spiro atoms. The molecule has 2 rings (SSSR count). The summed E-state index contributed by atoms with van der Waals surface area (Å²) < 4.78 is 5.15. The van der Waals surface area contributed by atoms with E-state index in [0.29, 0.717) is 11.6 Å². The number of ether oxygens (including phenoxy) is 1. The van der Waals surface area contributed by atoms with Crippen molar-refractivity contribution in [1.29, 1.82) is 0 Å². The van der Waals surface area contributed by atoms with E-state index >= 15 is 0 Å². The van der Waals surface area contributed by atoms with Gasteiger partial charge in [-0.15, -0.1) is 0 Å². The molecule has 1 aliphatic rings. The third kappa shape index (κ3) is 2.45. The summed E-state index contributed by atoms with van der Waals surface area (Å²) in [6.07, 6.45) is 1.84. The molecule has 0 bridgehead atoms. The van der Waals surface area contributed by atoms with Crippen LogP contribution in [-0.2, 0) is 15.1 Å². The summed E-state index contributed by atoms with van der Waals surface area (Å²) in [4.78, 5) is 12.3. The first-order valence-electron chi connectivity index (χ1n) is 6.99. The normalized spacial score (nSPS) is 18.4. The van der Waals surface area contributed by atoms with Crippen molar-refractivity contribution < 1.29 is 14.6 Å². The van der Waals surface area contributed by atoms with Crippen LogP contribution in [0.5, 0.6) is 0 Å². The zero-order valence-electron chi connectivity index (χ0n) is 12.1. The molecule has 1 N–H and O–H groups in total. The maximum atomic E-state index is 12.3. The van der Waals surface area contributed by atoms with Crippen molar-refractivity contribution in [2.45, 2.75) is 39.2 Å². The Balaban J connectivity index is 2.43. The Morgan fingerprint density at radius 3 is 2.35 bits per heavy atom. The molecule has 0 saturated heterocycles. The molecular formula is C16H21ClO3. The molecular weight excluding hydrogens is 276 g/mol. The number of rotatable bonds is 5. The van der Waals surface area contributed by atoms with E-state index in [4.69, 9.17) is 16.3 Å². The quantitative estimate of drug-likeness (QED) is 0.846.